The molecule has 0 unspecified atom stereocenters. The summed E-state index contributed by atoms with van der Waals surface area (Å²) in [7, 11) is 7.12. The topological polar surface area (TPSA) is 20.9 Å². The predicted molar refractivity (Wildman–Crippen MR) is 259 cm³/mol. The standard InChI is InChI=1S/C35H24NO.C22H24NSi.Ir/c1-23-19-34-32(22-31(23)33-20-26(17-18-36(33)2)24-9-4-3-5-10-24)30-16-15-27(21-35(30)37-34)29-14-8-12-25-11-6-7-13-28(25)29;1-17-11-12-19(18-9-7-6-8-10-18)15-21(17)22-14-13-20(16-23(22)2)24(3,4)5;/h3-22H,1-2H2;6-16H,1-2H2,3-5H3;/q2*-1;. The van der Waals surface area contributed by atoms with Crippen LogP contribution >= 0.6 is 0 Å². The van der Waals surface area contributed by atoms with Gasteiger partial charge in [-0.15, -0.1) is 35.4 Å². The number of furan rings is 1. The first kappa shape index (κ1) is 42.0. The zero-order valence-electron chi connectivity index (χ0n) is 35.4. The van der Waals surface area contributed by atoms with Gasteiger partial charge in [-0.3, -0.25) is 0 Å². The van der Waals surface area contributed by atoms with Crippen molar-refractivity contribution in [1.29, 1.82) is 0 Å². The molecule has 0 N–H and O–H groups in total. The van der Waals surface area contributed by atoms with Crippen molar-refractivity contribution in [2.45, 2.75) is 19.6 Å². The second kappa shape index (κ2) is 17.3. The SMILES string of the molecule is [CH2-]c1cc2oc3cc(-c4cccc5ccccc45)ccc3c2cc1-c1cc(-c2ccccc2)cc[n+]1[CH2-].[CH2-]c1ccc(-c2ccccc2)cc1-c1ccc([Si](C)(C)C)c[n+]1[CH2-].[Ir]. The molecule has 0 saturated carbocycles. The molecule has 0 bridgehead atoms. The fourth-order valence-electron chi connectivity index (χ4n) is 8.18. The third-order valence-electron chi connectivity index (χ3n) is 11.6. The normalized spacial score (nSPS) is 11.3. The van der Waals surface area contributed by atoms with Crippen LogP contribution in [0.1, 0.15) is 11.1 Å². The molecule has 7 aromatic carbocycles. The van der Waals surface area contributed by atoms with Gasteiger partial charge in [-0.2, -0.15) is 31.0 Å². The van der Waals surface area contributed by atoms with Gasteiger partial charge < -0.3 is 13.6 Å². The monoisotopic (exact) mass is 997 g/mol. The van der Waals surface area contributed by atoms with Gasteiger partial charge in [-0.25, -0.2) is 0 Å². The van der Waals surface area contributed by atoms with Crippen LogP contribution < -0.4 is 14.3 Å². The van der Waals surface area contributed by atoms with Crippen molar-refractivity contribution >= 4 is 46.0 Å². The molecule has 0 aliphatic carbocycles. The van der Waals surface area contributed by atoms with Crippen molar-refractivity contribution in [2.24, 2.45) is 0 Å². The number of benzene rings is 7. The molecule has 3 aromatic heterocycles. The van der Waals surface area contributed by atoms with E-state index in [4.69, 9.17) is 4.42 Å². The molecule has 0 amide bonds. The van der Waals surface area contributed by atoms with Crippen molar-refractivity contribution < 1.29 is 33.7 Å². The molecule has 10 aromatic rings. The Labute approximate surface area is 380 Å². The molecule has 1 radical (unpaired) electrons. The van der Waals surface area contributed by atoms with Crippen LogP contribution in [0.15, 0.2) is 193 Å². The van der Waals surface area contributed by atoms with Gasteiger partial charge in [0, 0.05) is 45.0 Å². The van der Waals surface area contributed by atoms with Crippen LogP contribution in [-0.4, -0.2) is 8.07 Å². The Kier molecular flexibility index (Phi) is 11.7. The maximum absolute atomic E-state index is 6.36. The van der Waals surface area contributed by atoms with Crippen LogP contribution in [0.3, 0.4) is 0 Å². The molecule has 0 fully saturated rings. The van der Waals surface area contributed by atoms with E-state index in [9.17, 15) is 0 Å². The third kappa shape index (κ3) is 8.31. The van der Waals surface area contributed by atoms with Crippen LogP contribution in [0.2, 0.25) is 19.6 Å². The molecule has 3 heterocycles. The van der Waals surface area contributed by atoms with Crippen molar-refractivity contribution in [1.82, 2.24) is 0 Å². The first-order chi connectivity index (χ1) is 29.5. The van der Waals surface area contributed by atoms with Crippen LogP contribution in [0.25, 0.3) is 88.6 Å². The fraction of sp³-hybridized carbons (Fsp3) is 0.0526. The average Bonchev–Trinajstić information content (AvgIpc) is 3.63. The molecule has 5 heteroatoms. The van der Waals surface area contributed by atoms with Crippen molar-refractivity contribution in [2.75, 3.05) is 0 Å². The number of fused-ring (bicyclic) bond motifs is 4. The summed E-state index contributed by atoms with van der Waals surface area (Å²) in [5.41, 5.74) is 15.0. The predicted octanol–water partition coefficient (Wildman–Crippen LogP) is 13.5. The smallest absolute Gasteiger partial charge is 0.134 e. The minimum atomic E-state index is -1.34. The molecule has 0 saturated heterocycles. The van der Waals surface area contributed by atoms with E-state index in [0.29, 0.717) is 0 Å². The van der Waals surface area contributed by atoms with E-state index >= 15 is 0 Å². The van der Waals surface area contributed by atoms with Crippen LogP contribution in [-0.2, 0) is 20.1 Å². The zero-order chi connectivity index (χ0) is 42.3. The van der Waals surface area contributed by atoms with Crippen LogP contribution in [0.4, 0.5) is 0 Å². The minimum absolute atomic E-state index is 0. The van der Waals surface area contributed by atoms with Gasteiger partial charge in [-0.05, 0) is 62.4 Å². The first-order valence-electron chi connectivity index (χ1n) is 20.6. The Morgan fingerprint density at radius 2 is 1.06 bits per heavy atom. The van der Waals surface area contributed by atoms with Gasteiger partial charge in [0.05, 0.1) is 37.4 Å². The molecule has 10 rings (SSSR count). The zero-order valence-corrected chi connectivity index (χ0v) is 38.8. The Bertz CT molecular complexity index is 3220. The van der Waals surface area contributed by atoms with Crippen LogP contribution in [0.5, 0.6) is 0 Å². The van der Waals surface area contributed by atoms with E-state index in [-0.39, 0.29) is 20.1 Å². The van der Waals surface area contributed by atoms with Crippen LogP contribution in [0, 0.1) is 27.9 Å². The van der Waals surface area contributed by atoms with Gasteiger partial charge in [0.1, 0.15) is 5.58 Å². The van der Waals surface area contributed by atoms with Gasteiger partial charge in [0.15, 0.2) is 0 Å². The Hall–Kier alpha value is -6.75. The average molecular weight is 997 g/mol. The second-order valence-electron chi connectivity index (χ2n) is 16.7. The van der Waals surface area contributed by atoms with Gasteiger partial charge >= 0.3 is 0 Å². The summed E-state index contributed by atoms with van der Waals surface area (Å²) >= 11 is 0. The first-order valence-corrected chi connectivity index (χ1v) is 24.1. The molecule has 3 nitrogen and oxygen atoms in total. The molecule has 307 valence electrons. The molecule has 0 spiro atoms. The van der Waals surface area contributed by atoms with E-state index in [1.807, 2.05) is 33.5 Å². The largest absolute Gasteiger partial charge is 0.469 e. The summed E-state index contributed by atoms with van der Waals surface area (Å²) in [5, 5.41) is 6.05. The summed E-state index contributed by atoms with van der Waals surface area (Å²) in [4.78, 5) is 0. The molecule has 0 atom stereocenters. The van der Waals surface area contributed by atoms with Crippen molar-refractivity contribution in [3.8, 4) is 55.9 Å². The van der Waals surface area contributed by atoms with Crippen molar-refractivity contribution in [3.05, 3.63) is 227 Å². The number of nitrogens with zero attached hydrogens (tertiary/aromatic N) is 2. The minimum Gasteiger partial charge on any atom is -0.469 e. The molecule has 0 aliphatic heterocycles. The number of aromatic nitrogens is 2. The Morgan fingerprint density at radius 1 is 0.435 bits per heavy atom. The molecular weight excluding hydrogens is 949 g/mol. The summed E-state index contributed by atoms with van der Waals surface area (Å²) in [6.45, 7) is 15.6. The van der Waals surface area contributed by atoms with Gasteiger partial charge in [0.25, 0.3) is 0 Å². The number of rotatable bonds is 6. The Morgan fingerprint density at radius 3 is 1.77 bits per heavy atom. The van der Waals surface area contributed by atoms with Gasteiger partial charge in [-0.1, -0.05) is 152 Å². The van der Waals surface area contributed by atoms with E-state index < -0.39 is 8.07 Å². The summed E-state index contributed by atoms with van der Waals surface area (Å²) < 4.78 is 10.3. The summed E-state index contributed by atoms with van der Waals surface area (Å²) in [5.74, 6) is 0. The number of hydrogen-bond acceptors (Lipinski definition) is 1. The number of hydrogen-bond donors (Lipinski definition) is 0. The van der Waals surface area contributed by atoms with E-state index in [1.54, 1.807) is 0 Å². The van der Waals surface area contributed by atoms with E-state index in [1.165, 1.54) is 38.2 Å². The third-order valence-corrected chi connectivity index (χ3v) is 13.6. The van der Waals surface area contributed by atoms with E-state index in [2.05, 4.69) is 212 Å². The van der Waals surface area contributed by atoms with E-state index in [0.717, 1.165) is 66.7 Å². The second-order valence-corrected chi connectivity index (χ2v) is 21.8. The van der Waals surface area contributed by atoms with Crippen molar-refractivity contribution in [3.63, 3.8) is 0 Å². The fourth-order valence-corrected chi connectivity index (χ4v) is 9.30. The molecular formula is C57H48IrN2OSi-2. The Balaban J connectivity index is 0.000000184. The van der Waals surface area contributed by atoms with Gasteiger partial charge in [0.2, 0.25) is 0 Å². The molecule has 0 aliphatic rings. The molecule has 62 heavy (non-hydrogen) atoms. The maximum Gasteiger partial charge on any atom is 0.134 e. The summed E-state index contributed by atoms with van der Waals surface area (Å²) in [6, 6.07) is 61.6. The number of pyridine rings is 2. The quantitative estimate of drug-likeness (QED) is 0.0924. The summed E-state index contributed by atoms with van der Waals surface area (Å²) in [6.07, 6.45) is 4.18. The maximum atomic E-state index is 6.36.